The fraction of sp³-hybridized carbons (Fsp3) is 0.462. The van der Waals surface area contributed by atoms with Gasteiger partial charge in [0.25, 0.3) is 0 Å². The van der Waals surface area contributed by atoms with Gasteiger partial charge < -0.3 is 21.1 Å². The maximum Gasteiger partial charge on any atom is 0.337 e. The van der Waals surface area contributed by atoms with E-state index in [4.69, 9.17) is 10.8 Å². The minimum absolute atomic E-state index is 0.000185. The number of piperidine rings is 1. The molecule has 0 aromatic carbocycles. The van der Waals surface area contributed by atoms with Gasteiger partial charge in [0, 0.05) is 13.1 Å². The summed E-state index contributed by atoms with van der Waals surface area (Å²) < 4.78 is 0. The molecule has 1 aromatic rings. The predicted molar refractivity (Wildman–Crippen MR) is 74.5 cm³/mol. The first-order valence-electron chi connectivity index (χ1n) is 6.58. The summed E-state index contributed by atoms with van der Waals surface area (Å²) in [7, 11) is 0. The van der Waals surface area contributed by atoms with Gasteiger partial charge in [0.2, 0.25) is 5.91 Å². The summed E-state index contributed by atoms with van der Waals surface area (Å²) in [5, 5.41) is 11.8. The zero-order valence-corrected chi connectivity index (χ0v) is 11.1. The maximum atomic E-state index is 12.0. The van der Waals surface area contributed by atoms with Gasteiger partial charge in [-0.15, -0.1) is 0 Å². The number of amides is 1. The smallest absolute Gasteiger partial charge is 0.337 e. The highest BCUT2D eigenvalue weighted by Gasteiger charge is 2.16. The summed E-state index contributed by atoms with van der Waals surface area (Å²) in [6.07, 6.45) is 4.51. The third kappa shape index (κ3) is 3.37. The molecule has 1 amide bonds. The summed E-state index contributed by atoms with van der Waals surface area (Å²) in [5.74, 6) is -0.780. The molecule has 1 aromatic heterocycles. The molecular formula is C13H18N4O3. The Morgan fingerprint density at radius 3 is 2.70 bits per heavy atom. The van der Waals surface area contributed by atoms with Gasteiger partial charge in [-0.1, -0.05) is 0 Å². The molecule has 2 heterocycles. The van der Waals surface area contributed by atoms with Crippen molar-refractivity contribution >= 4 is 23.4 Å². The lowest BCUT2D eigenvalue weighted by Crippen LogP contribution is -2.39. The summed E-state index contributed by atoms with van der Waals surface area (Å²) >= 11 is 0. The lowest BCUT2D eigenvalue weighted by molar-refractivity contribution is -0.130. The minimum Gasteiger partial charge on any atom is -0.478 e. The third-order valence-electron chi connectivity index (χ3n) is 3.29. The maximum absolute atomic E-state index is 12.0. The molecule has 7 heteroatoms. The number of aromatic carboxylic acids is 1. The first kappa shape index (κ1) is 14.1. The van der Waals surface area contributed by atoms with Gasteiger partial charge in [-0.3, -0.25) is 4.79 Å². The molecule has 2 rings (SSSR count). The van der Waals surface area contributed by atoms with Gasteiger partial charge in [0.15, 0.2) is 0 Å². The van der Waals surface area contributed by atoms with Crippen LogP contribution in [0, 0.1) is 0 Å². The van der Waals surface area contributed by atoms with Crippen molar-refractivity contribution in [3.8, 4) is 0 Å². The minimum atomic E-state index is -1.12. The lowest BCUT2D eigenvalue weighted by atomic mass is 10.1. The van der Waals surface area contributed by atoms with E-state index < -0.39 is 5.97 Å². The molecule has 108 valence electrons. The zero-order chi connectivity index (χ0) is 14.5. The van der Waals surface area contributed by atoms with Crippen molar-refractivity contribution in [1.82, 2.24) is 9.88 Å². The third-order valence-corrected chi connectivity index (χ3v) is 3.29. The van der Waals surface area contributed by atoms with Crippen LogP contribution in [0.1, 0.15) is 29.6 Å². The summed E-state index contributed by atoms with van der Waals surface area (Å²) in [4.78, 5) is 28.7. The molecule has 20 heavy (non-hydrogen) atoms. The monoisotopic (exact) mass is 278 g/mol. The van der Waals surface area contributed by atoms with Crippen LogP contribution in [0.15, 0.2) is 12.3 Å². The molecular weight excluding hydrogens is 260 g/mol. The number of nitrogens with one attached hydrogen (secondary N) is 1. The molecule has 1 fully saturated rings. The molecule has 1 aliphatic rings. The van der Waals surface area contributed by atoms with Crippen molar-refractivity contribution in [1.29, 1.82) is 0 Å². The van der Waals surface area contributed by atoms with E-state index in [1.165, 1.54) is 18.7 Å². The number of aromatic nitrogens is 1. The molecule has 0 atom stereocenters. The molecule has 1 saturated heterocycles. The number of anilines is 2. The second-order valence-corrected chi connectivity index (χ2v) is 4.76. The molecule has 0 spiro atoms. The van der Waals surface area contributed by atoms with Gasteiger partial charge in [-0.25, -0.2) is 9.78 Å². The Morgan fingerprint density at radius 2 is 2.05 bits per heavy atom. The van der Waals surface area contributed by atoms with Crippen LogP contribution in [0.5, 0.6) is 0 Å². The summed E-state index contributed by atoms with van der Waals surface area (Å²) in [6.45, 7) is 1.68. The molecule has 0 radical (unpaired) electrons. The highest BCUT2D eigenvalue weighted by Crippen LogP contribution is 2.15. The van der Waals surface area contributed by atoms with Crippen LogP contribution in [0.4, 0.5) is 11.5 Å². The van der Waals surface area contributed by atoms with Crippen LogP contribution >= 0.6 is 0 Å². The first-order chi connectivity index (χ1) is 9.58. The molecule has 4 N–H and O–H groups in total. The van der Waals surface area contributed by atoms with Gasteiger partial charge in [-0.05, 0) is 25.3 Å². The van der Waals surface area contributed by atoms with Crippen molar-refractivity contribution in [2.24, 2.45) is 0 Å². The Kier molecular flexibility index (Phi) is 4.39. The largest absolute Gasteiger partial charge is 0.478 e. The number of nitrogens with two attached hydrogens (primary N) is 1. The standard InChI is InChI=1S/C13H18N4O3/c14-10-7-15-11(6-9(10)13(19)20)16-8-12(18)17-4-2-1-3-5-17/h6-7H,1-5,8,14H2,(H,15,16)(H,19,20). The fourth-order valence-electron chi connectivity index (χ4n) is 2.17. The second-order valence-electron chi connectivity index (χ2n) is 4.76. The molecule has 0 saturated carbocycles. The van der Waals surface area contributed by atoms with E-state index in [9.17, 15) is 9.59 Å². The summed E-state index contributed by atoms with van der Waals surface area (Å²) in [6, 6.07) is 1.33. The molecule has 7 nitrogen and oxygen atoms in total. The molecule has 1 aliphatic heterocycles. The second kappa shape index (κ2) is 6.23. The Hall–Kier alpha value is -2.31. The van der Waals surface area contributed by atoms with Gasteiger partial charge >= 0.3 is 5.97 Å². The molecule has 0 aliphatic carbocycles. The molecule has 0 bridgehead atoms. The van der Waals surface area contributed by atoms with Crippen molar-refractivity contribution in [2.75, 3.05) is 30.7 Å². The Morgan fingerprint density at radius 1 is 1.35 bits per heavy atom. The Labute approximate surface area is 116 Å². The number of nitrogen functional groups attached to an aromatic ring is 1. The van der Waals surface area contributed by atoms with Crippen molar-refractivity contribution in [3.05, 3.63) is 17.8 Å². The van der Waals surface area contributed by atoms with E-state index in [0.717, 1.165) is 25.9 Å². The number of carboxylic acids is 1. The predicted octanol–water partition coefficient (Wildman–Crippen LogP) is 0.786. The van der Waals surface area contributed by atoms with E-state index in [-0.39, 0.29) is 23.7 Å². The lowest BCUT2D eigenvalue weighted by Gasteiger charge is -2.26. The van der Waals surface area contributed by atoms with Crippen molar-refractivity contribution in [2.45, 2.75) is 19.3 Å². The number of carboxylic acid groups (broad SMARTS) is 1. The topological polar surface area (TPSA) is 109 Å². The summed E-state index contributed by atoms with van der Waals surface area (Å²) in [5.41, 5.74) is 5.60. The van der Waals surface area contributed by atoms with E-state index in [1.54, 1.807) is 0 Å². The number of carbonyl (C=O) groups is 2. The van der Waals surface area contributed by atoms with Crippen molar-refractivity contribution in [3.63, 3.8) is 0 Å². The number of likely N-dealkylation sites (tertiary alicyclic amines) is 1. The van der Waals surface area contributed by atoms with Crippen LogP contribution < -0.4 is 11.1 Å². The number of pyridine rings is 1. The first-order valence-corrected chi connectivity index (χ1v) is 6.58. The van der Waals surface area contributed by atoms with Crippen LogP contribution in [-0.2, 0) is 4.79 Å². The average Bonchev–Trinajstić information content (AvgIpc) is 2.46. The fourth-order valence-corrected chi connectivity index (χ4v) is 2.17. The number of hydrogen-bond acceptors (Lipinski definition) is 5. The number of hydrogen-bond donors (Lipinski definition) is 3. The number of carbonyl (C=O) groups excluding carboxylic acids is 1. The number of nitrogens with zero attached hydrogens (tertiary/aromatic N) is 2. The van der Waals surface area contributed by atoms with Crippen LogP contribution in [0.25, 0.3) is 0 Å². The Balaban J connectivity index is 1.95. The van der Waals surface area contributed by atoms with Gasteiger partial charge in [-0.2, -0.15) is 0 Å². The van der Waals surface area contributed by atoms with Gasteiger partial charge in [0.1, 0.15) is 5.82 Å². The van der Waals surface area contributed by atoms with Crippen LogP contribution in [-0.4, -0.2) is 46.5 Å². The van der Waals surface area contributed by atoms with E-state index in [1.807, 2.05) is 4.90 Å². The van der Waals surface area contributed by atoms with Gasteiger partial charge in [0.05, 0.1) is 24.0 Å². The highest BCUT2D eigenvalue weighted by molar-refractivity contribution is 5.94. The van der Waals surface area contributed by atoms with E-state index in [2.05, 4.69) is 10.3 Å². The highest BCUT2D eigenvalue weighted by atomic mass is 16.4. The van der Waals surface area contributed by atoms with Crippen molar-refractivity contribution < 1.29 is 14.7 Å². The normalized spacial score (nSPS) is 14.9. The van der Waals surface area contributed by atoms with E-state index in [0.29, 0.717) is 5.82 Å². The SMILES string of the molecule is Nc1cnc(NCC(=O)N2CCCCC2)cc1C(=O)O. The zero-order valence-electron chi connectivity index (χ0n) is 11.1. The number of rotatable bonds is 4. The van der Waals surface area contributed by atoms with E-state index >= 15 is 0 Å². The average molecular weight is 278 g/mol. The van der Waals surface area contributed by atoms with Crippen LogP contribution in [0.2, 0.25) is 0 Å². The quantitative estimate of drug-likeness (QED) is 0.751. The van der Waals surface area contributed by atoms with Crippen LogP contribution in [0.3, 0.4) is 0 Å². The molecule has 0 unspecified atom stereocenters. The Bertz CT molecular complexity index is 512.